The highest BCUT2D eigenvalue weighted by atomic mass is 32.2. The second-order valence-electron chi connectivity index (χ2n) is 6.05. The van der Waals surface area contributed by atoms with E-state index in [-0.39, 0.29) is 23.6 Å². The number of carbonyl (C=O) groups excluding carboxylic acids is 1. The summed E-state index contributed by atoms with van der Waals surface area (Å²) >= 11 is 1.47. The molecule has 4 atom stereocenters. The summed E-state index contributed by atoms with van der Waals surface area (Å²) < 4.78 is 0. The molecule has 1 aromatic carbocycles. The molecule has 2 aliphatic heterocycles. The zero-order valence-electron chi connectivity index (χ0n) is 13.0. The first-order valence-corrected chi connectivity index (χ1v) is 8.57. The van der Waals surface area contributed by atoms with Gasteiger partial charge in [0.1, 0.15) is 5.70 Å². The summed E-state index contributed by atoms with van der Waals surface area (Å²) in [5.74, 6) is -1.29. The molecule has 5 nitrogen and oxygen atoms in total. The molecule has 0 saturated carbocycles. The Morgan fingerprint density at radius 3 is 2.57 bits per heavy atom. The summed E-state index contributed by atoms with van der Waals surface area (Å²) in [6, 6.07) is 9.57. The van der Waals surface area contributed by atoms with Gasteiger partial charge in [-0.15, -0.1) is 11.8 Å². The smallest absolute Gasteiger partial charge is 0.353 e. The summed E-state index contributed by atoms with van der Waals surface area (Å²) in [5.41, 5.74) is 1.19. The Labute approximate surface area is 139 Å². The SMILES string of the molecule is C[C@@H](O)[C@H]1C(=O)N2C(C(=O)O)=C(SCc3ccccc3)[C@H](C)[C@H]12. The van der Waals surface area contributed by atoms with Crippen LogP contribution in [-0.2, 0) is 15.3 Å². The molecule has 122 valence electrons. The Bertz CT molecular complexity index is 670. The Kier molecular flexibility index (Phi) is 4.21. The maximum atomic E-state index is 12.2. The van der Waals surface area contributed by atoms with Crippen LogP contribution in [0.1, 0.15) is 19.4 Å². The number of aliphatic hydroxyl groups excluding tert-OH is 1. The van der Waals surface area contributed by atoms with E-state index in [1.165, 1.54) is 16.7 Å². The Hall–Kier alpha value is -1.79. The van der Waals surface area contributed by atoms with Gasteiger partial charge in [0.25, 0.3) is 0 Å². The van der Waals surface area contributed by atoms with Crippen molar-refractivity contribution in [2.24, 2.45) is 11.8 Å². The summed E-state index contributed by atoms with van der Waals surface area (Å²) in [6.45, 7) is 3.52. The standard InChI is InChI=1S/C17H19NO4S/c1-9-13-12(10(2)19)16(20)18(13)14(17(21)22)15(9)23-8-11-6-4-3-5-7-11/h3-7,9-10,12-13,19H,8H2,1-2H3,(H,21,22)/t9-,10-,12-,13-/m1/s1. The first-order valence-electron chi connectivity index (χ1n) is 7.58. The fourth-order valence-electron chi connectivity index (χ4n) is 3.45. The van der Waals surface area contributed by atoms with Gasteiger partial charge < -0.3 is 15.1 Å². The van der Waals surface area contributed by atoms with Crippen LogP contribution < -0.4 is 0 Å². The molecule has 1 aromatic rings. The summed E-state index contributed by atoms with van der Waals surface area (Å²) in [6.07, 6.45) is -0.764. The van der Waals surface area contributed by atoms with Crippen LogP contribution in [0.3, 0.4) is 0 Å². The lowest BCUT2D eigenvalue weighted by atomic mass is 9.79. The molecule has 2 N–H and O–H groups in total. The van der Waals surface area contributed by atoms with Gasteiger partial charge in [0.05, 0.1) is 18.1 Å². The van der Waals surface area contributed by atoms with E-state index in [1.54, 1.807) is 6.92 Å². The number of aliphatic carboxylic acids is 1. The molecule has 2 heterocycles. The summed E-state index contributed by atoms with van der Waals surface area (Å²) in [5, 5.41) is 19.3. The van der Waals surface area contributed by atoms with Crippen LogP contribution in [0.2, 0.25) is 0 Å². The monoisotopic (exact) mass is 333 g/mol. The van der Waals surface area contributed by atoms with Crippen LogP contribution >= 0.6 is 11.8 Å². The number of amides is 1. The molecule has 0 unspecified atom stereocenters. The van der Waals surface area contributed by atoms with Crippen molar-refractivity contribution in [2.75, 3.05) is 0 Å². The molecule has 23 heavy (non-hydrogen) atoms. The van der Waals surface area contributed by atoms with Crippen molar-refractivity contribution in [1.29, 1.82) is 0 Å². The number of fused-ring (bicyclic) bond motifs is 1. The van der Waals surface area contributed by atoms with Gasteiger partial charge in [-0.1, -0.05) is 37.3 Å². The minimum Gasteiger partial charge on any atom is -0.477 e. The first-order chi connectivity index (χ1) is 10.9. The van der Waals surface area contributed by atoms with Gasteiger partial charge in [0.15, 0.2) is 0 Å². The van der Waals surface area contributed by atoms with Crippen LogP contribution in [-0.4, -0.2) is 39.1 Å². The quantitative estimate of drug-likeness (QED) is 0.807. The molecule has 1 amide bonds. The predicted molar refractivity (Wildman–Crippen MR) is 87.4 cm³/mol. The zero-order chi connectivity index (χ0) is 16.7. The maximum absolute atomic E-state index is 12.2. The van der Waals surface area contributed by atoms with Crippen molar-refractivity contribution in [1.82, 2.24) is 4.90 Å². The molecule has 0 aliphatic carbocycles. The molecule has 0 spiro atoms. The molecule has 6 heteroatoms. The molecule has 2 aliphatic rings. The van der Waals surface area contributed by atoms with Gasteiger partial charge in [-0.3, -0.25) is 4.79 Å². The van der Waals surface area contributed by atoms with Crippen molar-refractivity contribution >= 4 is 23.6 Å². The van der Waals surface area contributed by atoms with E-state index in [0.29, 0.717) is 5.75 Å². The van der Waals surface area contributed by atoms with E-state index in [9.17, 15) is 19.8 Å². The maximum Gasteiger partial charge on any atom is 0.353 e. The molecular formula is C17H19NO4S. The first kappa shape index (κ1) is 16.1. The van der Waals surface area contributed by atoms with E-state index in [4.69, 9.17) is 0 Å². The van der Waals surface area contributed by atoms with Crippen molar-refractivity contribution in [3.8, 4) is 0 Å². The van der Waals surface area contributed by atoms with Crippen molar-refractivity contribution < 1.29 is 19.8 Å². The number of hydrogen-bond donors (Lipinski definition) is 2. The van der Waals surface area contributed by atoms with E-state index < -0.39 is 18.0 Å². The Morgan fingerprint density at radius 2 is 2.00 bits per heavy atom. The number of rotatable bonds is 5. The van der Waals surface area contributed by atoms with Gasteiger partial charge in [-0.25, -0.2) is 4.79 Å². The van der Waals surface area contributed by atoms with Gasteiger partial charge >= 0.3 is 5.97 Å². The van der Waals surface area contributed by atoms with Gasteiger partial charge in [0.2, 0.25) is 5.91 Å². The Morgan fingerprint density at radius 1 is 1.35 bits per heavy atom. The topological polar surface area (TPSA) is 77.8 Å². The average Bonchev–Trinajstić information content (AvgIpc) is 2.75. The highest BCUT2D eigenvalue weighted by molar-refractivity contribution is 8.02. The molecule has 0 radical (unpaired) electrons. The molecule has 1 saturated heterocycles. The number of hydrogen-bond acceptors (Lipinski definition) is 4. The third-order valence-corrected chi connectivity index (χ3v) is 5.90. The Balaban J connectivity index is 1.86. The number of β-lactam (4-membered cyclic amide) rings is 1. The number of nitrogens with zero attached hydrogens (tertiary/aromatic N) is 1. The molecule has 3 rings (SSSR count). The average molecular weight is 333 g/mol. The summed E-state index contributed by atoms with van der Waals surface area (Å²) in [7, 11) is 0. The highest BCUT2D eigenvalue weighted by Gasteiger charge is 2.59. The molecular weight excluding hydrogens is 314 g/mol. The largest absolute Gasteiger partial charge is 0.477 e. The van der Waals surface area contributed by atoms with E-state index in [2.05, 4.69) is 0 Å². The number of carboxylic acid groups (broad SMARTS) is 1. The number of aliphatic hydroxyl groups is 1. The molecule has 0 aromatic heterocycles. The number of carbonyl (C=O) groups is 2. The minimum atomic E-state index is -1.08. The lowest BCUT2D eigenvalue weighted by Crippen LogP contribution is -2.63. The number of thioether (sulfide) groups is 1. The second kappa shape index (κ2) is 6.02. The fourth-order valence-corrected chi connectivity index (χ4v) is 4.69. The van der Waals surface area contributed by atoms with Crippen LogP contribution in [0.5, 0.6) is 0 Å². The van der Waals surface area contributed by atoms with Crippen LogP contribution in [0.25, 0.3) is 0 Å². The van der Waals surface area contributed by atoms with Crippen molar-refractivity contribution in [3.63, 3.8) is 0 Å². The number of carboxylic acids is 1. The van der Waals surface area contributed by atoms with Crippen molar-refractivity contribution in [3.05, 3.63) is 46.5 Å². The van der Waals surface area contributed by atoms with E-state index in [0.717, 1.165) is 10.5 Å². The van der Waals surface area contributed by atoms with E-state index in [1.807, 2.05) is 37.3 Å². The third kappa shape index (κ3) is 2.56. The summed E-state index contributed by atoms with van der Waals surface area (Å²) in [4.78, 5) is 26.0. The second-order valence-corrected chi connectivity index (χ2v) is 7.06. The zero-order valence-corrected chi connectivity index (χ0v) is 13.8. The fraction of sp³-hybridized carbons (Fsp3) is 0.412. The lowest BCUT2D eigenvalue weighted by molar-refractivity contribution is -0.163. The van der Waals surface area contributed by atoms with Crippen molar-refractivity contribution in [2.45, 2.75) is 31.7 Å². The van der Waals surface area contributed by atoms with Gasteiger partial charge in [-0.05, 0) is 12.5 Å². The minimum absolute atomic E-state index is 0.0767. The van der Waals surface area contributed by atoms with Crippen LogP contribution in [0, 0.1) is 11.8 Å². The van der Waals surface area contributed by atoms with Gasteiger partial charge in [-0.2, -0.15) is 0 Å². The highest BCUT2D eigenvalue weighted by Crippen LogP contribution is 2.50. The molecule has 1 fully saturated rings. The van der Waals surface area contributed by atoms with E-state index >= 15 is 0 Å². The molecule has 0 bridgehead atoms. The van der Waals surface area contributed by atoms with Crippen LogP contribution in [0.15, 0.2) is 40.9 Å². The number of benzene rings is 1. The lowest BCUT2D eigenvalue weighted by Gasteiger charge is -2.46. The van der Waals surface area contributed by atoms with Gasteiger partial charge in [0, 0.05) is 16.6 Å². The third-order valence-electron chi connectivity index (χ3n) is 4.55. The predicted octanol–water partition coefficient (Wildman–Crippen LogP) is 2.07. The van der Waals surface area contributed by atoms with Crippen LogP contribution in [0.4, 0.5) is 0 Å². The normalized spacial score (nSPS) is 27.7.